The Kier molecular flexibility index (Phi) is 8.88. The molecule has 1 nitrogen and oxygen atoms in total. The van der Waals surface area contributed by atoms with E-state index in [1.165, 1.54) is 11.1 Å². The number of rotatable bonds is 8. The van der Waals surface area contributed by atoms with E-state index in [0.717, 1.165) is 72.7 Å². The highest BCUT2D eigenvalue weighted by Gasteiger charge is 2.44. The van der Waals surface area contributed by atoms with Crippen LogP contribution in [0.1, 0.15) is 23.6 Å². The maximum absolute atomic E-state index is 16.8. The molecule has 1 aliphatic rings. The summed E-state index contributed by atoms with van der Waals surface area (Å²) in [6.07, 6.45) is 0. The highest BCUT2D eigenvalue weighted by atomic mass is 19.1. The van der Waals surface area contributed by atoms with Gasteiger partial charge in [0, 0.05) is 28.0 Å². The van der Waals surface area contributed by atoms with Crippen LogP contribution in [-0.4, -0.2) is 0 Å². The van der Waals surface area contributed by atoms with Crippen LogP contribution in [0.5, 0.6) is 0 Å². The fourth-order valence-corrected chi connectivity index (χ4v) is 8.91. The summed E-state index contributed by atoms with van der Waals surface area (Å²) >= 11 is 0. The van der Waals surface area contributed by atoms with Crippen molar-refractivity contribution in [1.82, 2.24) is 0 Å². The Morgan fingerprint density at radius 3 is 1.34 bits per heavy atom. The summed E-state index contributed by atoms with van der Waals surface area (Å²) in [6, 6.07) is 78.3. The molecule has 1 unspecified atom stereocenters. The number of benzene rings is 9. The minimum Gasteiger partial charge on any atom is -0.310 e. The first kappa shape index (κ1) is 35.1. The molecular weight excluding hydrogens is 706 g/mol. The molecule has 9 aromatic carbocycles. The molecule has 1 atom stereocenters. The molecule has 0 amide bonds. The number of anilines is 3. The quantitative estimate of drug-likeness (QED) is 0.150. The average Bonchev–Trinajstić information content (AvgIpc) is 3.57. The van der Waals surface area contributed by atoms with E-state index >= 15 is 4.39 Å². The van der Waals surface area contributed by atoms with E-state index < -0.39 is 5.41 Å². The van der Waals surface area contributed by atoms with Gasteiger partial charge in [0.05, 0.1) is 0 Å². The monoisotopic (exact) mass is 745 g/mol. The average molecular weight is 746 g/mol. The van der Waals surface area contributed by atoms with Crippen LogP contribution >= 0.6 is 0 Å². The molecule has 0 fully saturated rings. The van der Waals surface area contributed by atoms with E-state index in [-0.39, 0.29) is 5.82 Å². The van der Waals surface area contributed by atoms with Crippen LogP contribution in [0.4, 0.5) is 21.5 Å². The van der Waals surface area contributed by atoms with E-state index in [0.29, 0.717) is 5.56 Å². The van der Waals surface area contributed by atoms with Crippen LogP contribution < -0.4 is 4.90 Å². The number of hydrogen-bond donors (Lipinski definition) is 0. The molecule has 276 valence electrons. The minimum atomic E-state index is -0.765. The molecule has 0 aliphatic heterocycles. The van der Waals surface area contributed by atoms with E-state index in [1.54, 1.807) is 6.07 Å². The van der Waals surface area contributed by atoms with Crippen molar-refractivity contribution in [3.63, 3.8) is 0 Å². The van der Waals surface area contributed by atoms with Crippen LogP contribution in [0.25, 0.3) is 55.6 Å². The first-order valence-corrected chi connectivity index (χ1v) is 19.9. The van der Waals surface area contributed by atoms with Gasteiger partial charge in [-0.1, -0.05) is 176 Å². The van der Waals surface area contributed by atoms with Crippen LogP contribution in [-0.2, 0) is 5.41 Å². The lowest BCUT2D eigenvalue weighted by Gasteiger charge is -2.31. The normalized spacial score (nSPS) is 14.1. The fourth-order valence-electron chi connectivity index (χ4n) is 8.91. The van der Waals surface area contributed by atoms with Gasteiger partial charge in [0.2, 0.25) is 0 Å². The summed E-state index contributed by atoms with van der Waals surface area (Å²) in [5.41, 5.74) is 16.1. The highest BCUT2D eigenvalue weighted by Crippen LogP contribution is 2.57. The molecular formula is C56H40FN. The Morgan fingerprint density at radius 1 is 0.362 bits per heavy atom. The molecule has 9 aromatic rings. The molecule has 1 aliphatic carbocycles. The molecule has 0 N–H and O–H groups in total. The zero-order valence-electron chi connectivity index (χ0n) is 32.2. The maximum atomic E-state index is 16.8. The smallest absolute Gasteiger partial charge is 0.128 e. The van der Waals surface area contributed by atoms with Gasteiger partial charge in [0.15, 0.2) is 0 Å². The Labute approximate surface area is 340 Å². The molecule has 0 bridgehead atoms. The van der Waals surface area contributed by atoms with Gasteiger partial charge in [-0.2, -0.15) is 0 Å². The Balaban J connectivity index is 1.16. The largest absolute Gasteiger partial charge is 0.310 e. The van der Waals surface area contributed by atoms with Gasteiger partial charge in [-0.15, -0.1) is 0 Å². The molecule has 0 aromatic heterocycles. The standard InChI is InChI=1S/C56H40FN/c1-56(46-23-12-5-13-24-46)52-38-49(33-34-51(52)54-50(35-36-53(57)55(54)56)45-22-14-21-44(37-45)41-19-10-4-11-20-41)58(47-29-25-42(26-30-47)39-15-6-2-7-16-39)48-31-27-43(28-32-48)40-17-8-3-9-18-40/h2-38H,1H3. The lowest BCUT2D eigenvalue weighted by atomic mass is 9.73. The third-order valence-electron chi connectivity index (χ3n) is 11.8. The van der Waals surface area contributed by atoms with Crippen molar-refractivity contribution in [2.45, 2.75) is 12.3 Å². The molecule has 0 saturated carbocycles. The molecule has 2 heteroatoms. The van der Waals surface area contributed by atoms with E-state index in [4.69, 9.17) is 0 Å². The molecule has 10 rings (SSSR count). The topological polar surface area (TPSA) is 3.24 Å². The Morgan fingerprint density at radius 2 is 0.793 bits per heavy atom. The van der Waals surface area contributed by atoms with Gasteiger partial charge in [-0.05, 0) is 122 Å². The zero-order valence-corrected chi connectivity index (χ0v) is 32.2. The Bertz CT molecular complexity index is 2790. The number of halogens is 1. The summed E-state index contributed by atoms with van der Waals surface area (Å²) < 4.78 is 16.8. The SMILES string of the molecule is CC1(c2ccccc2)c2cc(N(c3ccc(-c4ccccc4)cc3)c3ccc(-c4ccccc4)cc3)ccc2-c2c(-c3cccc(-c4ccccc4)c3)ccc(F)c21. The van der Waals surface area contributed by atoms with Crippen LogP contribution in [0.3, 0.4) is 0 Å². The van der Waals surface area contributed by atoms with Crippen molar-refractivity contribution in [1.29, 1.82) is 0 Å². The van der Waals surface area contributed by atoms with Crippen molar-refractivity contribution >= 4 is 17.1 Å². The zero-order chi connectivity index (χ0) is 39.1. The summed E-state index contributed by atoms with van der Waals surface area (Å²) in [7, 11) is 0. The number of fused-ring (bicyclic) bond motifs is 3. The predicted octanol–water partition coefficient (Wildman–Crippen LogP) is 15.3. The molecule has 58 heavy (non-hydrogen) atoms. The maximum Gasteiger partial charge on any atom is 0.128 e. The van der Waals surface area contributed by atoms with Crippen molar-refractivity contribution in [3.8, 4) is 55.6 Å². The first-order valence-electron chi connectivity index (χ1n) is 19.9. The van der Waals surface area contributed by atoms with Crippen molar-refractivity contribution in [2.75, 3.05) is 4.90 Å². The second-order valence-corrected chi connectivity index (χ2v) is 15.2. The van der Waals surface area contributed by atoms with E-state index in [9.17, 15) is 0 Å². The van der Waals surface area contributed by atoms with Crippen LogP contribution in [0, 0.1) is 5.82 Å². The summed E-state index contributed by atoms with van der Waals surface area (Å²) in [5, 5.41) is 0. The van der Waals surface area contributed by atoms with E-state index in [1.807, 2.05) is 30.3 Å². The lowest BCUT2D eigenvalue weighted by molar-refractivity contribution is 0.576. The summed E-state index contributed by atoms with van der Waals surface area (Å²) in [4.78, 5) is 2.32. The second-order valence-electron chi connectivity index (χ2n) is 15.2. The van der Waals surface area contributed by atoms with Gasteiger partial charge in [-0.25, -0.2) is 4.39 Å². The number of nitrogens with zero attached hydrogens (tertiary/aromatic N) is 1. The van der Waals surface area contributed by atoms with Crippen molar-refractivity contribution in [2.24, 2.45) is 0 Å². The third kappa shape index (κ3) is 6.11. The predicted molar refractivity (Wildman–Crippen MR) is 240 cm³/mol. The lowest BCUT2D eigenvalue weighted by Crippen LogP contribution is -2.24. The fraction of sp³-hybridized carbons (Fsp3) is 0.0357. The molecule has 0 saturated heterocycles. The van der Waals surface area contributed by atoms with Crippen molar-refractivity contribution in [3.05, 3.63) is 247 Å². The van der Waals surface area contributed by atoms with Gasteiger partial charge < -0.3 is 4.90 Å². The minimum absolute atomic E-state index is 0.202. The Hall–Kier alpha value is -7.29. The second kappa shape index (κ2) is 14.7. The summed E-state index contributed by atoms with van der Waals surface area (Å²) in [5.74, 6) is -0.202. The first-order chi connectivity index (χ1) is 28.6. The van der Waals surface area contributed by atoms with E-state index in [2.05, 4.69) is 200 Å². The third-order valence-corrected chi connectivity index (χ3v) is 11.8. The van der Waals surface area contributed by atoms with Gasteiger partial charge >= 0.3 is 0 Å². The van der Waals surface area contributed by atoms with Crippen LogP contribution in [0.2, 0.25) is 0 Å². The van der Waals surface area contributed by atoms with Gasteiger partial charge in [-0.3, -0.25) is 0 Å². The van der Waals surface area contributed by atoms with Gasteiger partial charge in [0.1, 0.15) is 5.82 Å². The van der Waals surface area contributed by atoms with Crippen LogP contribution in [0.15, 0.2) is 224 Å². The molecule has 0 radical (unpaired) electrons. The van der Waals surface area contributed by atoms with Crippen molar-refractivity contribution < 1.29 is 4.39 Å². The highest BCUT2D eigenvalue weighted by molar-refractivity contribution is 5.96. The molecule has 0 spiro atoms. The van der Waals surface area contributed by atoms with Gasteiger partial charge in [0.25, 0.3) is 0 Å². The number of hydrogen-bond acceptors (Lipinski definition) is 1. The summed E-state index contributed by atoms with van der Waals surface area (Å²) in [6.45, 7) is 2.19. The molecule has 0 heterocycles.